The minimum absolute atomic E-state index is 0.0628. The first-order chi connectivity index (χ1) is 8.97. The lowest BCUT2D eigenvalue weighted by atomic mass is 9.92. The van der Waals surface area contributed by atoms with Crippen molar-refractivity contribution >= 4 is 5.97 Å². The Hall–Kier alpha value is -2.17. The van der Waals surface area contributed by atoms with E-state index in [9.17, 15) is 9.18 Å². The maximum atomic E-state index is 13.3. The van der Waals surface area contributed by atoms with Gasteiger partial charge < -0.3 is 10.1 Å². The van der Waals surface area contributed by atoms with Gasteiger partial charge in [0, 0.05) is 17.8 Å². The maximum Gasteiger partial charge on any atom is 0.304 e. The van der Waals surface area contributed by atoms with E-state index in [1.807, 2.05) is 0 Å². The predicted octanol–water partition coefficient (Wildman–Crippen LogP) is 2.77. The summed E-state index contributed by atoms with van der Waals surface area (Å²) in [7, 11) is 0. The molecule has 0 aliphatic carbocycles. The average molecular weight is 262 g/mol. The number of nitrogens with one attached hydrogen (secondary N) is 1. The fourth-order valence-electron chi connectivity index (χ4n) is 2.08. The number of hydrogen-bond donors (Lipinski definition) is 2. The van der Waals surface area contributed by atoms with E-state index in [1.165, 1.54) is 6.07 Å². The van der Waals surface area contributed by atoms with Crippen molar-refractivity contribution in [3.05, 3.63) is 52.9 Å². The maximum absolute atomic E-state index is 13.3. The molecule has 1 atom stereocenters. The summed E-state index contributed by atoms with van der Waals surface area (Å²) in [6.07, 6.45) is 1.56. The van der Waals surface area contributed by atoms with Gasteiger partial charge in [-0.05, 0) is 31.0 Å². The Balaban J connectivity index is 2.42. The number of aromatic nitrogens is 2. The third-order valence-electron chi connectivity index (χ3n) is 3.06. The van der Waals surface area contributed by atoms with E-state index in [1.54, 1.807) is 32.2 Å². The summed E-state index contributed by atoms with van der Waals surface area (Å²) in [5.74, 6) is -0.819. The molecule has 0 spiro atoms. The van der Waals surface area contributed by atoms with Gasteiger partial charge in [-0.3, -0.25) is 4.79 Å². The molecule has 5 heteroatoms. The number of halogens is 1. The first-order valence-corrected chi connectivity index (χ1v) is 5.96. The molecule has 0 bridgehead atoms. The molecule has 2 rings (SSSR count). The van der Waals surface area contributed by atoms with Gasteiger partial charge >= 0.3 is 5.97 Å². The number of carbonyl (C=O) groups is 1. The van der Waals surface area contributed by atoms with Gasteiger partial charge in [0.2, 0.25) is 0 Å². The lowest BCUT2D eigenvalue weighted by molar-refractivity contribution is -0.137. The van der Waals surface area contributed by atoms with Gasteiger partial charge in [0.05, 0.1) is 6.42 Å². The molecule has 1 aromatic heterocycles. The van der Waals surface area contributed by atoms with Crippen LogP contribution in [0.4, 0.5) is 4.39 Å². The fraction of sp³-hybridized carbons (Fsp3) is 0.286. The van der Waals surface area contributed by atoms with E-state index >= 15 is 0 Å². The largest absolute Gasteiger partial charge is 0.481 e. The molecule has 100 valence electrons. The smallest absolute Gasteiger partial charge is 0.304 e. The van der Waals surface area contributed by atoms with Crippen LogP contribution in [0.3, 0.4) is 0 Å². The number of imidazole rings is 1. The molecular formula is C14H15FN2O2. The highest BCUT2D eigenvalue weighted by molar-refractivity contribution is 5.68. The molecule has 1 aromatic carbocycles. The topological polar surface area (TPSA) is 66.0 Å². The summed E-state index contributed by atoms with van der Waals surface area (Å²) >= 11 is 0. The summed E-state index contributed by atoms with van der Waals surface area (Å²) in [4.78, 5) is 18.1. The van der Waals surface area contributed by atoms with Crippen LogP contribution in [0.25, 0.3) is 0 Å². The zero-order valence-corrected chi connectivity index (χ0v) is 10.8. The Morgan fingerprint density at radius 2 is 2.21 bits per heavy atom. The van der Waals surface area contributed by atoms with Crippen molar-refractivity contribution in [2.45, 2.75) is 26.2 Å². The Labute approximate surface area is 110 Å². The molecule has 4 nitrogen and oxygen atoms in total. The second-order valence-electron chi connectivity index (χ2n) is 4.58. The molecule has 0 saturated heterocycles. The Kier molecular flexibility index (Phi) is 3.64. The highest BCUT2D eigenvalue weighted by Crippen LogP contribution is 2.28. The number of aryl methyl sites for hydroxylation is 2. The summed E-state index contributed by atoms with van der Waals surface area (Å²) in [5, 5.41) is 9.03. The number of carboxylic acid groups (broad SMARTS) is 1. The molecule has 0 saturated carbocycles. The highest BCUT2D eigenvalue weighted by Gasteiger charge is 2.20. The van der Waals surface area contributed by atoms with Crippen LogP contribution < -0.4 is 0 Å². The third-order valence-corrected chi connectivity index (χ3v) is 3.06. The minimum Gasteiger partial charge on any atom is -0.481 e. The molecule has 0 aliphatic rings. The van der Waals surface area contributed by atoms with Crippen molar-refractivity contribution in [1.29, 1.82) is 0 Å². The second kappa shape index (κ2) is 5.22. The molecule has 0 fully saturated rings. The van der Waals surface area contributed by atoms with Crippen LogP contribution in [0, 0.1) is 19.7 Å². The zero-order valence-electron chi connectivity index (χ0n) is 10.8. The number of rotatable bonds is 4. The SMILES string of the molecule is Cc1ncc(C(CC(=O)O)c2ccc(F)c(C)c2)[nH]1. The van der Waals surface area contributed by atoms with Gasteiger partial charge in [-0.1, -0.05) is 12.1 Å². The summed E-state index contributed by atoms with van der Waals surface area (Å²) in [5.41, 5.74) is 2.00. The van der Waals surface area contributed by atoms with Crippen molar-refractivity contribution in [3.8, 4) is 0 Å². The van der Waals surface area contributed by atoms with Crippen LogP contribution in [0.1, 0.15) is 35.0 Å². The van der Waals surface area contributed by atoms with E-state index in [4.69, 9.17) is 5.11 Å². The number of carboxylic acids is 1. The molecule has 19 heavy (non-hydrogen) atoms. The fourth-order valence-corrected chi connectivity index (χ4v) is 2.08. The lowest BCUT2D eigenvalue weighted by Crippen LogP contribution is -2.09. The first-order valence-electron chi connectivity index (χ1n) is 5.96. The molecule has 1 heterocycles. The van der Waals surface area contributed by atoms with E-state index < -0.39 is 5.97 Å². The predicted molar refractivity (Wildman–Crippen MR) is 68.6 cm³/mol. The zero-order chi connectivity index (χ0) is 14.0. The van der Waals surface area contributed by atoms with Crippen LogP contribution in [-0.4, -0.2) is 21.0 Å². The standard InChI is InChI=1S/C14H15FN2O2/c1-8-5-10(3-4-12(8)15)11(6-14(18)19)13-7-16-9(2)17-13/h3-5,7,11H,6H2,1-2H3,(H,16,17)(H,18,19). The molecular weight excluding hydrogens is 247 g/mol. The minimum atomic E-state index is -0.903. The Morgan fingerprint density at radius 3 is 2.74 bits per heavy atom. The van der Waals surface area contributed by atoms with Crippen LogP contribution >= 0.6 is 0 Å². The summed E-state index contributed by atoms with van der Waals surface area (Å²) in [6.45, 7) is 3.46. The van der Waals surface area contributed by atoms with Crippen LogP contribution in [0.2, 0.25) is 0 Å². The first kappa shape index (κ1) is 13.3. The number of benzene rings is 1. The molecule has 1 unspecified atom stereocenters. The van der Waals surface area contributed by atoms with Crippen molar-refractivity contribution in [2.75, 3.05) is 0 Å². The van der Waals surface area contributed by atoms with Crippen molar-refractivity contribution < 1.29 is 14.3 Å². The summed E-state index contributed by atoms with van der Waals surface area (Å²) < 4.78 is 13.3. The van der Waals surface area contributed by atoms with E-state index in [0.717, 1.165) is 17.1 Å². The van der Waals surface area contributed by atoms with Gasteiger partial charge in [-0.25, -0.2) is 9.37 Å². The van der Waals surface area contributed by atoms with Crippen LogP contribution in [0.5, 0.6) is 0 Å². The molecule has 2 aromatic rings. The monoisotopic (exact) mass is 262 g/mol. The Morgan fingerprint density at radius 1 is 1.47 bits per heavy atom. The molecule has 0 aliphatic heterocycles. The number of H-pyrrole nitrogens is 1. The number of aliphatic carboxylic acids is 1. The van der Waals surface area contributed by atoms with Crippen molar-refractivity contribution in [1.82, 2.24) is 9.97 Å². The van der Waals surface area contributed by atoms with E-state index in [2.05, 4.69) is 9.97 Å². The highest BCUT2D eigenvalue weighted by atomic mass is 19.1. The second-order valence-corrected chi connectivity index (χ2v) is 4.58. The van der Waals surface area contributed by atoms with Gasteiger partial charge in [0.25, 0.3) is 0 Å². The quantitative estimate of drug-likeness (QED) is 0.890. The lowest BCUT2D eigenvalue weighted by Gasteiger charge is -2.14. The van der Waals surface area contributed by atoms with Gasteiger partial charge in [-0.2, -0.15) is 0 Å². The third kappa shape index (κ3) is 2.99. The van der Waals surface area contributed by atoms with Crippen molar-refractivity contribution in [3.63, 3.8) is 0 Å². The normalized spacial score (nSPS) is 12.4. The van der Waals surface area contributed by atoms with Crippen molar-refractivity contribution in [2.24, 2.45) is 0 Å². The van der Waals surface area contributed by atoms with E-state index in [-0.39, 0.29) is 18.2 Å². The van der Waals surface area contributed by atoms with Crippen LogP contribution in [0.15, 0.2) is 24.4 Å². The van der Waals surface area contributed by atoms with Gasteiger partial charge in [0.1, 0.15) is 11.6 Å². The number of aromatic amines is 1. The van der Waals surface area contributed by atoms with Crippen LogP contribution in [-0.2, 0) is 4.79 Å². The molecule has 0 amide bonds. The van der Waals surface area contributed by atoms with Gasteiger partial charge in [-0.15, -0.1) is 0 Å². The molecule has 2 N–H and O–H groups in total. The Bertz CT molecular complexity index is 607. The molecule has 0 radical (unpaired) electrons. The summed E-state index contributed by atoms with van der Waals surface area (Å²) in [6, 6.07) is 4.66. The number of nitrogens with zero attached hydrogens (tertiary/aromatic N) is 1. The average Bonchev–Trinajstić information content (AvgIpc) is 2.76. The van der Waals surface area contributed by atoms with Gasteiger partial charge in [0.15, 0.2) is 0 Å². The van der Waals surface area contributed by atoms with E-state index in [0.29, 0.717) is 5.56 Å². The number of hydrogen-bond acceptors (Lipinski definition) is 2.